The van der Waals surface area contributed by atoms with Gasteiger partial charge >= 0.3 is 0 Å². The maximum Gasteiger partial charge on any atom is 0.245 e. The van der Waals surface area contributed by atoms with Gasteiger partial charge in [0, 0.05) is 23.6 Å². The minimum Gasteiger partial charge on any atom is -0.331 e. The first kappa shape index (κ1) is 22.1. The Bertz CT molecular complexity index is 1110. The van der Waals surface area contributed by atoms with Crippen LogP contribution in [0.15, 0.2) is 60.7 Å². The first-order valence-electron chi connectivity index (χ1n) is 10.9. The molecule has 0 bridgehead atoms. The van der Waals surface area contributed by atoms with E-state index in [1.54, 1.807) is 15.6 Å². The van der Waals surface area contributed by atoms with Crippen molar-refractivity contribution in [3.8, 4) is 16.9 Å². The summed E-state index contributed by atoms with van der Waals surface area (Å²) in [5.74, 6) is 0.343. The number of carbonyl (C=O) groups is 2. The van der Waals surface area contributed by atoms with E-state index < -0.39 is 0 Å². The zero-order valence-electron chi connectivity index (χ0n) is 18.3. The van der Waals surface area contributed by atoms with Crippen molar-refractivity contribution in [1.29, 1.82) is 0 Å². The molecule has 7 heteroatoms. The molecule has 166 valence electrons. The molecule has 2 amide bonds. The van der Waals surface area contributed by atoms with Crippen LogP contribution in [0, 0.1) is 5.92 Å². The monoisotopic (exact) mass is 450 g/mol. The molecule has 3 aromatic rings. The maximum atomic E-state index is 13.0. The number of amides is 2. The largest absolute Gasteiger partial charge is 0.331 e. The fourth-order valence-corrected chi connectivity index (χ4v) is 3.98. The highest BCUT2D eigenvalue weighted by molar-refractivity contribution is 6.32. The number of hydrogen-bond acceptors (Lipinski definition) is 3. The van der Waals surface area contributed by atoms with Gasteiger partial charge in [-0.1, -0.05) is 60.5 Å². The van der Waals surface area contributed by atoms with E-state index >= 15 is 0 Å². The first-order chi connectivity index (χ1) is 15.4. The van der Waals surface area contributed by atoms with Gasteiger partial charge in [0.05, 0.1) is 16.4 Å². The Labute approximate surface area is 193 Å². The van der Waals surface area contributed by atoms with E-state index in [1.807, 2.05) is 68.4 Å². The third-order valence-corrected chi connectivity index (χ3v) is 6.12. The Hall–Kier alpha value is -3.12. The number of para-hydroxylation sites is 1. The molecule has 1 fully saturated rings. The summed E-state index contributed by atoms with van der Waals surface area (Å²) < 4.78 is 1.63. The van der Waals surface area contributed by atoms with E-state index in [9.17, 15) is 9.59 Å². The molecule has 1 heterocycles. The van der Waals surface area contributed by atoms with Crippen molar-refractivity contribution in [2.24, 2.45) is 5.92 Å². The lowest BCUT2D eigenvalue weighted by atomic mass is 9.84. The zero-order valence-corrected chi connectivity index (χ0v) is 19.0. The highest BCUT2D eigenvalue weighted by atomic mass is 35.5. The van der Waals surface area contributed by atoms with Gasteiger partial charge in [0.2, 0.25) is 11.8 Å². The number of carbonyl (C=O) groups excluding carboxylic acids is 2. The summed E-state index contributed by atoms with van der Waals surface area (Å²) in [5.41, 5.74) is 2.31. The molecule has 1 aromatic heterocycles. The van der Waals surface area contributed by atoms with Gasteiger partial charge in [0.1, 0.15) is 12.4 Å². The second kappa shape index (κ2) is 9.57. The summed E-state index contributed by atoms with van der Waals surface area (Å²) in [7, 11) is 0. The Balaban J connectivity index is 1.61. The van der Waals surface area contributed by atoms with E-state index in [1.165, 1.54) is 0 Å². The van der Waals surface area contributed by atoms with Crippen molar-refractivity contribution in [2.45, 2.75) is 39.2 Å². The predicted molar refractivity (Wildman–Crippen MR) is 127 cm³/mol. The van der Waals surface area contributed by atoms with Crippen LogP contribution in [-0.4, -0.2) is 39.1 Å². The highest BCUT2D eigenvalue weighted by Crippen LogP contribution is 2.30. The molecule has 1 aliphatic rings. The number of anilines is 1. The average molecular weight is 451 g/mol. The lowest BCUT2D eigenvalue weighted by Gasteiger charge is -2.33. The number of nitrogens with one attached hydrogen (secondary N) is 1. The van der Waals surface area contributed by atoms with Crippen molar-refractivity contribution in [3.05, 3.63) is 65.7 Å². The normalized spacial score (nSPS) is 13.6. The number of halogens is 1. The van der Waals surface area contributed by atoms with E-state index in [0.717, 1.165) is 24.8 Å². The molecule has 4 rings (SSSR count). The van der Waals surface area contributed by atoms with Crippen LogP contribution >= 0.6 is 11.6 Å². The third-order valence-electron chi connectivity index (χ3n) is 5.80. The van der Waals surface area contributed by atoms with E-state index in [2.05, 4.69) is 5.32 Å². The van der Waals surface area contributed by atoms with Crippen molar-refractivity contribution < 1.29 is 9.59 Å². The second-order valence-electron chi connectivity index (χ2n) is 8.38. The van der Waals surface area contributed by atoms with Crippen LogP contribution in [-0.2, 0) is 9.59 Å². The molecule has 0 spiro atoms. The number of nitrogens with zero attached hydrogens (tertiary/aromatic N) is 3. The van der Waals surface area contributed by atoms with Crippen LogP contribution in [0.2, 0.25) is 5.02 Å². The smallest absolute Gasteiger partial charge is 0.245 e. The van der Waals surface area contributed by atoms with Crippen LogP contribution < -0.4 is 5.32 Å². The lowest BCUT2D eigenvalue weighted by molar-refractivity contribution is -0.142. The molecule has 0 aliphatic heterocycles. The molecule has 0 saturated heterocycles. The van der Waals surface area contributed by atoms with E-state index in [-0.39, 0.29) is 30.3 Å². The standard InChI is InChI=1S/C25H27ClN4O2/c1-17(2)29(25(32)19-11-8-12-19)16-24(31)27-23-15-21(18-9-4-3-5-10-18)28-30(23)22-14-7-6-13-20(22)26/h3-7,9-10,13-15,17,19H,8,11-12,16H2,1-2H3,(H,27,31). The Morgan fingerprint density at radius 2 is 1.81 bits per heavy atom. The third kappa shape index (κ3) is 4.70. The van der Waals surface area contributed by atoms with Crippen molar-refractivity contribution in [2.75, 3.05) is 11.9 Å². The fourth-order valence-electron chi connectivity index (χ4n) is 3.77. The van der Waals surface area contributed by atoms with Gasteiger partial charge in [0.15, 0.2) is 0 Å². The summed E-state index contributed by atoms with van der Waals surface area (Å²) in [6.45, 7) is 3.87. The molecule has 1 N–H and O–H groups in total. The Kier molecular flexibility index (Phi) is 6.61. The fraction of sp³-hybridized carbons (Fsp3) is 0.320. The van der Waals surface area contributed by atoms with Gasteiger partial charge in [0.25, 0.3) is 0 Å². The summed E-state index contributed by atoms with van der Waals surface area (Å²) in [6, 6.07) is 18.9. The summed E-state index contributed by atoms with van der Waals surface area (Å²) >= 11 is 6.42. The van der Waals surface area contributed by atoms with Crippen LogP contribution in [0.1, 0.15) is 33.1 Å². The van der Waals surface area contributed by atoms with Crippen LogP contribution in [0.4, 0.5) is 5.82 Å². The number of aromatic nitrogens is 2. The van der Waals surface area contributed by atoms with Crippen molar-refractivity contribution in [3.63, 3.8) is 0 Å². The summed E-state index contributed by atoms with van der Waals surface area (Å²) in [5, 5.41) is 8.17. The quantitative estimate of drug-likeness (QED) is 0.540. The number of rotatable bonds is 7. The van der Waals surface area contributed by atoms with Crippen LogP contribution in [0.25, 0.3) is 16.9 Å². The predicted octanol–water partition coefficient (Wildman–Crippen LogP) is 5.17. The first-order valence-corrected chi connectivity index (χ1v) is 11.3. The molecule has 1 aliphatic carbocycles. The van der Waals surface area contributed by atoms with Gasteiger partial charge in [-0.3, -0.25) is 9.59 Å². The topological polar surface area (TPSA) is 67.2 Å². The highest BCUT2D eigenvalue weighted by Gasteiger charge is 2.31. The maximum absolute atomic E-state index is 13.0. The van der Waals surface area contributed by atoms with E-state index in [4.69, 9.17) is 16.7 Å². The van der Waals surface area contributed by atoms with Gasteiger partial charge < -0.3 is 10.2 Å². The molecule has 0 unspecified atom stereocenters. The van der Waals surface area contributed by atoms with Crippen LogP contribution in [0.3, 0.4) is 0 Å². The average Bonchev–Trinajstić information content (AvgIpc) is 3.15. The molecular weight excluding hydrogens is 424 g/mol. The molecule has 1 saturated carbocycles. The van der Waals surface area contributed by atoms with Gasteiger partial charge in [-0.05, 0) is 38.8 Å². The molecule has 2 aromatic carbocycles. The minimum atomic E-state index is -0.265. The SMILES string of the molecule is CC(C)N(CC(=O)Nc1cc(-c2ccccc2)nn1-c1ccccc1Cl)C(=O)C1CCC1. The zero-order chi connectivity index (χ0) is 22.7. The van der Waals surface area contributed by atoms with E-state index in [0.29, 0.717) is 22.2 Å². The van der Waals surface area contributed by atoms with Gasteiger partial charge in [-0.25, -0.2) is 4.68 Å². The van der Waals surface area contributed by atoms with Gasteiger partial charge in [-0.2, -0.15) is 5.10 Å². The van der Waals surface area contributed by atoms with Crippen LogP contribution in [0.5, 0.6) is 0 Å². The second-order valence-corrected chi connectivity index (χ2v) is 8.79. The minimum absolute atomic E-state index is 0.00136. The van der Waals surface area contributed by atoms with Crippen molar-refractivity contribution >= 4 is 29.2 Å². The molecule has 0 radical (unpaired) electrons. The number of benzene rings is 2. The Morgan fingerprint density at radius 1 is 1.12 bits per heavy atom. The molecule has 0 atom stereocenters. The molecule has 32 heavy (non-hydrogen) atoms. The lowest BCUT2D eigenvalue weighted by Crippen LogP contribution is -2.46. The molecule has 6 nitrogen and oxygen atoms in total. The molecular formula is C25H27ClN4O2. The Morgan fingerprint density at radius 3 is 2.44 bits per heavy atom. The summed E-state index contributed by atoms with van der Waals surface area (Å²) in [4.78, 5) is 27.4. The number of hydrogen-bond donors (Lipinski definition) is 1. The van der Waals surface area contributed by atoms with Crippen molar-refractivity contribution in [1.82, 2.24) is 14.7 Å². The van der Waals surface area contributed by atoms with Gasteiger partial charge in [-0.15, -0.1) is 0 Å². The summed E-state index contributed by atoms with van der Waals surface area (Å²) in [6.07, 6.45) is 2.89.